The molecule has 9 heteroatoms. The molecule has 1 fully saturated rings. The fourth-order valence-corrected chi connectivity index (χ4v) is 3.83. The topological polar surface area (TPSA) is 81.7 Å². The number of aryl methyl sites for hydroxylation is 1. The Labute approximate surface area is 190 Å². The van der Waals surface area contributed by atoms with Crippen LogP contribution < -0.4 is 16.0 Å². The first-order valence-electron chi connectivity index (χ1n) is 10.1. The molecule has 160 valence electrons. The number of nitrogens with one attached hydrogen (secondary N) is 3. The van der Waals surface area contributed by atoms with Gasteiger partial charge in [-0.15, -0.1) is 35.3 Å². The van der Waals surface area contributed by atoms with Crippen molar-refractivity contribution in [3.8, 4) is 0 Å². The monoisotopic (exact) mass is 522 g/mol. The number of hydrogen-bond donors (Lipinski definition) is 3. The molecule has 0 aromatic carbocycles. The summed E-state index contributed by atoms with van der Waals surface area (Å²) < 4.78 is 0. The standard InChI is InChI=1S/C19H34N6OS.HI/c1-4-9-21-17(26)14-25-11-7-16(8-12-25)24-19(20-5-2)22-10-6-18-23-13-15(3)27-18;/h13,16H,4-12,14H2,1-3H3,(H,21,26)(H2,20,22,24);1H. The van der Waals surface area contributed by atoms with Gasteiger partial charge in [-0.1, -0.05) is 6.92 Å². The SMILES string of the molecule is CCCNC(=O)CN1CCC(NC(=NCCc2ncc(C)s2)NCC)CC1.I. The lowest BCUT2D eigenvalue weighted by molar-refractivity contribution is -0.122. The fraction of sp³-hybridized carbons (Fsp3) is 0.737. The van der Waals surface area contributed by atoms with Crippen molar-refractivity contribution >= 4 is 47.2 Å². The van der Waals surface area contributed by atoms with Gasteiger partial charge >= 0.3 is 0 Å². The van der Waals surface area contributed by atoms with Gasteiger partial charge in [-0.05, 0) is 33.1 Å². The molecule has 0 aliphatic carbocycles. The second-order valence-corrected chi connectivity index (χ2v) is 8.24. The Kier molecular flexibility index (Phi) is 12.6. The van der Waals surface area contributed by atoms with E-state index in [4.69, 9.17) is 4.99 Å². The van der Waals surface area contributed by atoms with Crippen LogP contribution in [0.25, 0.3) is 0 Å². The van der Waals surface area contributed by atoms with Gasteiger partial charge in [0.2, 0.25) is 5.91 Å². The van der Waals surface area contributed by atoms with Crippen molar-refractivity contribution in [1.29, 1.82) is 0 Å². The Morgan fingerprint density at radius 1 is 1.32 bits per heavy atom. The molecule has 0 radical (unpaired) electrons. The maximum Gasteiger partial charge on any atom is 0.234 e. The van der Waals surface area contributed by atoms with E-state index < -0.39 is 0 Å². The molecule has 1 saturated heterocycles. The first kappa shape index (κ1) is 25.1. The summed E-state index contributed by atoms with van der Waals surface area (Å²) in [6.45, 7) is 11.0. The van der Waals surface area contributed by atoms with Crippen LogP contribution in [0, 0.1) is 6.92 Å². The molecule has 3 N–H and O–H groups in total. The van der Waals surface area contributed by atoms with Gasteiger partial charge < -0.3 is 16.0 Å². The number of hydrogen-bond acceptors (Lipinski definition) is 5. The number of guanidine groups is 1. The van der Waals surface area contributed by atoms with Crippen LogP contribution in [-0.4, -0.2) is 67.1 Å². The minimum Gasteiger partial charge on any atom is -0.357 e. The molecule has 1 aromatic heterocycles. The molecule has 1 amide bonds. The number of carbonyl (C=O) groups excluding carboxylic acids is 1. The zero-order valence-corrected chi connectivity index (χ0v) is 20.4. The summed E-state index contributed by atoms with van der Waals surface area (Å²) in [6, 6.07) is 0.403. The number of carbonyl (C=O) groups is 1. The predicted molar refractivity (Wildman–Crippen MR) is 128 cm³/mol. The van der Waals surface area contributed by atoms with Crippen LogP contribution in [0.3, 0.4) is 0 Å². The number of thiazole rings is 1. The maximum absolute atomic E-state index is 11.8. The first-order valence-corrected chi connectivity index (χ1v) is 10.9. The summed E-state index contributed by atoms with van der Waals surface area (Å²) in [5, 5.41) is 11.0. The molecule has 0 unspecified atom stereocenters. The third kappa shape index (κ3) is 9.51. The van der Waals surface area contributed by atoms with Gasteiger partial charge in [-0.2, -0.15) is 0 Å². The summed E-state index contributed by atoms with van der Waals surface area (Å²) in [4.78, 5) is 24.4. The quantitative estimate of drug-likeness (QED) is 0.263. The molecule has 7 nitrogen and oxygen atoms in total. The summed E-state index contributed by atoms with van der Waals surface area (Å²) in [5.41, 5.74) is 0. The average molecular weight is 523 g/mol. The lowest BCUT2D eigenvalue weighted by atomic mass is 10.1. The third-order valence-electron chi connectivity index (χ3n) is 4.48. The van der Waals surface area contributed by atoms with Crippen LogP contribution in [0.15, 0.2) is 11.2 Å². The van der Waals surface area contributed by atoms with Gasteiger partial charge in [0.1, 0.15) is 0 Å². The minimum absolute atomic E-state index is 0. The average Bonchev–Trinajstić information content (AvgIpc) is 3.07. The Bertz CT molecular complexity index is 601. The van der Waals surface area contributed by atoms with E-state index in [1.807, 2.05) is 6.20 Å². The van der Waals surface area contributed by atoms with Crippen molar-refractivity contribution < 1.29 is 4.79 Å². The molecule has 28 heavy (non-hydrogen) atoms. The minimum atomic E-state index is 0. The van der Waals surface area contributed by atoms with E-state index in [0.717, 1.165) is 69.4 Å². The van der Waals surface area contributed by atoms with Gasteiger partial charge in [0.05, 0.1) is 11.6 Å². The highest BCUT2D eigenvalue weighted by Crippen LogP contribution is 2.12. The highest BCUT2D eigenvalue weighted by Gasteiger charge is 2.21. The Balaban J connectivity index is 0.00000392. The molecule has 0 saturated carbocycles. The number of aromatic nitrogens is 1. The number of amides is 1. The van der Waals surface area contributed by atoms with Gasteiger partial charge in [-0.25, -0.2) is 4.98 Å². The van der Waals surface area contributed by atoms with Crippen LogP contribution in [0.2, 0.25) is 0 Å². The zero-order chi connectivity index (χ0) is 19.5. The zero-order valence-electron chi connectivity index (χ0n) is 17.3. The Morgan fingerprint density at radius 2 is 2.07 bits per heavy atom. The molecule has 0 bridgehead atoms. The highest BCUT2D eigenvalue weighted by atomic mass is 127. The second kappa shape index (κ2) is 14.1. The van der Waals surface area contributed by atoms with Crippen molar-refractivity contribution in [2.24, 2.45) is 4.99 Å². The number of piperidine rings is 1. The smallest absolute Gasteiger partial charge is 0.234 e. The lowest BCUT2D eigenvalue weighted by Crippen LogP contribution is -2.50. The van der Waals surface area contributed by atoms with Crippen LogP contribution >= 0.6 is 35.3 Å². The highest BCUT2D eigenvalue weighted by molar-refractivity contribution is 14.0. The summed E-state index contributed by atoms with van der Waals surface area (Å²) >= 11 is 1.74. The number of aliphatic imine (C=N–C) groups is 1. The predicted octanol–water partition coefficient (Wildman–Crippen LogP) is 2.16. The van der Waals surface area contributed by atoms with E-state index in [0.29, 0.717) is 12.6 Å². The Hall–Kier alpha value is -0.940. The van der Waals surface area contributed by atoms with Gasteiger partial charge in [0, 0.05) is 56.3 Å². The molecule has 1 aliphatic heterocycles. The molecular formula is C19H35IN6OS. The summed E-state index contributed by atoms with van der Waals surface area (Å²) in [7, 11) is 0. The molecular weight excluding hydrogens is 487 g/mol. The van der Waals surface area contributed by atoms with E-state index in [1.165, 1.54) is 4.88 Å². The maximum atomic E-state index is 11.8. The van der Waals surface area contributed by atoms with E-state index >= 15 is 0 Å². The van der Waals surface area contributed by atoms with E-state index in [-0.39, 0.29) is 29.9 Å². The van der Waals surface area contributed by atoms with Crippen LogP contribution in [0.1, 0.15) is 43.0 Å². The third-order valence-corrected chi connectivity index (χ3v) is 5.45. The van der Waals surface area contributed by atoms with Crippen molar-refractivity contribution in [3.63, 3.8) is 0 Å². The van der Waals surface area contributed by atoms with Crippen molar-refractivity contribution in [1.82, 2.24) is 25.8 Å². The van der Waals surface area contributed by atoms with Crippen LogP contribution in [-0.2, 0) is 11.2 Å². The van der Waals surface area contributed by atoms with Gasteiger partial charge in [0.15, 0.2) is 5.96 Å². The van der Waals surface area contributed by atoms with Crippen molar-refractivity contribution in [2.45, 2.75) is 52.5 Å². The number of halogens is 1. The molecule has 2 rings (SSSR count). The van der Waals surface area contributed by atoms with E-state index in [1.54, 1.807) is 11.3 Å². The normalized spacial score (nSPS) is 15.8. The van der Waals surface area contributed by atoms with E-state index in [2.05, 4.69) is 46.6 Å². The van der Waals surface area contributed by atoms with E-state index in [9.17, 15) is 4.79 Å². The van der Waals surface area contributed by atoms with Crippen LogP contribution in [0.4, 0.5) is 0 Å². The lowest BCUT2D eigenvalue weighted by Gasteiger charge is -2.32. The van der Waals surface area contributed by atoms with Gasteiger partial charge in [-0.3, -0.25) is 14.7 Å². The Morgan fingerprint density at radius 3 is 2.68 bits per heavy atom. The summed E-state index contributed by atoms with van der Waals surface area (Å²) in [5.74, 6) is 1.01. The molecule has 0 atom stereocenters. The fourth-order valence-electron chi connectivity index (χ4n) is 3.05. The van der Waals surface area contributed by atoms with Gasteiger partial charge in [0.25, 0.3) is 0 Å². The van der Waals surface area contributed by atoms with Crippen molar-refractivity contribution in [2.75, 3.05) is 39.3 Å². The number of rotatable bonds is 9. The molecule has 2 heterocycles. The van der Waals surface area contributed by atoms with Crippen LogP contribution in [0.5, 0.6) is 0 Å². The molecule has 1 aliphatic rings. The number of likely N-dealkylation sites (tertiary alicyclic amines) is 1. The summed E-state index contributed by atoms with van der Waals surface area (Å²) in [6.07, 6.45) is 5.82. The first-order chi connectivity index (χ1) is 13.1. The molecule has 1 aromatic rings. The second-order valence-electron chi connectivity index (χ2n) is 6.92. The number of nitrogens with zero attached hydrogens (tertiary/aromatic N) is 3. The van der Waals surface area contributed by atoms with Crippen molar-refractivity contribution in [3.05, 3.63) is 16.1 Å². The molecule has 0 spiro atoms. The largest absolute Gasteiger partial charge is 0.357 e.